The number of aryl methyl sites for hydroxylation is 1. The van der Waals surface area contributed by atoms with Gasteiger partial charge in [0.15, 0.2) is 5.65 Å². The second-order valence-electron chi connectivity index (χ2n) is 5.96. The lowest BCUT2D eigenvalue weighted by Gasteiger charge is -2.15. The molecule has 4 nitrogen and oxygen atoms in total. The van der Waals surface area contributed by atoms with Crippen LogP contribution in [0.1, 0.15) is 5.69 Å². The highest BCUT2D eigenvalue weighted by molar-refractivity contribution is 14.1. The smallest absolute Gasteiger partial charge is 0.161 e. The molecule has 0 unspecified atom stereocenters. The number of nitrogens with zero attached hydrogens (tertiary/aromatic N) is 3. The van der Waals surface area contributed by atoms with E-state index in [1.807, 2.05) is 17.7 Å². The fourth-order valence-electron chi connectivity index (χ4n) is 1.73. The molecule has 0 amide bonds. The van der Waals surface area contributed by atoms with E-state index in [1.54, 1.807) is 0 Å². The first-order valence-corrected chi connectivity index (χ1v) is 11.2. The first-order valence-electron chi connectivity index (χ1n) is 6.44. The van der Waals surface area contributed by atoms with E-state index in [0.29, 0.717) is 6.73 Å². The van der Waals surface area contributed by atoms with Crippen LogP contribution >= 0.6 is 22.6 Å². The minimum absolute atomic E-state index is 0.487. The molecule has 2 aromatic heterocycles. The average Bonchev–Trinajstić information content (AvgIpc) is 2.60. The van der Waals surface area contributed by atoms with Gasteiger partial charge in [0.05, 0.1) is 5.39 Å². The molecule has 0 radical (unpaired) electrons. The van der Waals surface area contributed by atoms with Gasteiger partial charge in [-0.2, -0.15) is 5.10 Å². The van der Waals surface area contributed by atoms with E-state index in [-0.39, 0.29) is 0 Å². The van der Waals surface area contributed by atoms with Gasteiger partial charge in [-0.25, -0.2) is 9.67 Å². The number of ether oxygens (including phenoxy) is 1. The summed E-state index contributed by atoms with van der Waals surface area (Å²) >= 11 is 2.24. The molecule has 2 rings (SSSR count). The van der Waals surface area contributed by atoms with Crippen molar-refractivity contribution in [1.29, 1.82) is 0 Å². The highest BCUT2D eigenvalue weighted by atomic mass is 127. The van der Waals surface area contributed by atoms with Crippen molar-refractivity contribution in [3.05, 3.63) is 21.5 Å². The first-order chi connectivity index (χ1) is 8.87. The third-order valence-corrected chi connectivity index (χ3v) is 5.40. The molecule has 2 heterocycles. The molecule has 104 valence electrons. The van der Waals surface area contributed by atoms with Crippen LogP contribution in [0.3, 0.4) is 0 Å². The monoisotopic (exact) mass is 389 g/mol. The summed E-state index contributed by atoms with van der Waals surface area (Å²) in [5, 5.41) is 5.59. The van der Waals surface area contributed by atoms with Gasteiger partial charge >= 0.3 is 0 Å². The summed E-state index contributed by atoms with van der Waals surface area (Å²) in [5.74, 6) is 0. The third kappa shape index (κ3) is 3.99. The Labute approximate surface area is 128 Å². The van der Waals surface area contributed by atoms with Gasteiger partial charge in [0.1, 0.15) is 10.4 Å². The van der Waals surface area contributed by atoms with E-state index in [4.69, 9.17) is 4.74 Å². The van der Waals surface area contributed by atoms with Gasteiger partial charge in [-0.05, 0) is 47.7 Å². The Hall–Kier alpha value is -0.473. The summed E-state index contributed by atoms with van der Waals surface area (Å²) in [6.45, 7) is 10.4. The Morgan fingerprint density at radius 3 is 2.74 bits per heavy atom. The Morgan fingerprint density at radius 1 is 1.32 bits per heavy atom. The van der Waals surface area contributed by atoms with Crippen molar-refractivity contribution in [2.24, 2.45) is 0 Å². The van der Waals surface area contributed by atoms with Gasteiger partial charge in [-0.1, -0.05) is 19.6 Å². The summed E-state index contributed by atoms with van der Waals surface area (Å²) in [6, 6.07) is 5.27. The van der Waals surface area contributed by atoms with Crippen molar-refractivity contribution in [3.63, 3.8) is 0 Å². The quantitative estimate of drug-likeness (QED) is 0.445. The highest BCUT2D eigenvalue weighted by Crippen LogP contribution is 2.19. The molecule has 2 aromatic rings. The maximum Gasteiger partial charge on any atom is 0.161 e. The lowest BCUT2D eigenvalue weighted by Crippen LogP contribution is -2.22. The van der Waals surface area contributed by atoms with Crippen molar-refractivity contribution in [1.82, 2.24) is 14.8 Å². The van der Waals surface area contributed by atoms with Crippen LogP contribution in [0.15, 0.2) is 12.1 Å². The van der Waals surface area contributed by atoms with Crippen molar-refractivity contribution in [2.75, 3.05) is 6.61 Å². The molecule has 0 saturated carbocycles. The van der Waals surface area contributed by atoms with E-state index >= 15 is 0 Å². The maximum absolute atomic E-state index is 5.75. The third-order valence-electron chi connectivity index (χ3n) is 2.90. The van der Waals surface area contributed by atoms with Crippen LogP contribution in [0.4, 0.5) is 0 Å². The molecule has 0 spiro atoms. The van der Waals surface area contributed by atoms with Gasteiger partial charge < -0.3 is 4.74 Å². The predicted molar refractivity (Wildman–Crippen MR) is 89.1 cm³/mol. The molecular weight excluding hydrogens is 369 g/mol. The van der Waals surface area contributed by atoms with Crippen molar-refractivity contribution >= 4 is 41.7 Å². The Balaban J connectivity index is 2.07. The van der Waals surface area contributed by atoms with Crippen molar-refractivity contribution < 1.29 is 4.74 Å². The Kier molecular flexibility index (Phi) is 4.62. The van der Waals surface area contributed by atoms with Crippen LogP contribution in [0.25, 0.3) is 11.0 Å². The fourth-order valence-corrected chi connectivity index (χ4v) is 3.17. The van der Waals surface area contributed by atoms with Crippen LogP contribution in [0.2, 0.25) is 25.7 Å². The summed E-state index contributed by atoms with van der Waals surface area (Å²) in [5.41, 5.74) is 1.92. The molecular formula is C13H20IN3OSi. The maximum atomic E-state index is 5.75. The lowest BCUT2D eigenvalue weighted by atomic mass is 10.3. The molecule has 0 N–H and O–H groups in total. The zero-order valence-corrected chi connectivity index (χ0v) is 15.1. The van der Waals surface area contributed by atoms with Gasteiger partial charge in [-0.3, -0.25) is 0 Å². The second-order valence-corrected chi connectivity index (χ2v) is 12.6. The Morgan fingerprint density at radius 2 is 2.05 bits per heavy atom. The van der Waals surface area contributed by atoms with E-state index in [9.17, 15) is 0 Å². The average molecular weight is 389 g/mol. The SMILES string of the molecule is Cc1ccc2c(I)nn(COCC[Si](C)(C)C)c2n1. The number of fused-ring (bicyclic) bond motifs is 1. The summed E-state index contributed by atoms with van der Waals surface area (Å²) in [7, 11) is -1.02. The van der Waals surface area contributed by atoms with E-state index < -0.39 is 8.07 Å². The van der Waals surface area contributed by atoms with E-state index in [1.165, 1.54) is 6.04 Å². The zero-order chi connectivity index (χ0) is 14.0. The van der Waals surface area contributed by atoms with Crippen LogP contribution in [0.5, 0.6) is 0 Å². The highest BCUT2D eigenvalue weighted by Gasteiger charge is 2.13. The van der Waals surface area contributed by atoms with Crippen molar-refractivity contribution in [3.8, 4) is 0 Å². The molecule has 0 aliphatic rings. The van der Waals surface area contributed by atoms with Crippen molar-refractivity contribution in [2.45, 2.75) is 39.3 Å². The number of pyridine rings is 1. The molecule has 0 aliphatic carbocycles. The number of rotatable bonds is 5. The molecule has 0 fully saturated rings. The summed E-state index contributed by atoms with van der Waals surface area (Å²) in [6.07, 6.45) is 0. The number of hydrogen-bond acceptors (Lipinski definition) is 3. The van der Waals surface area contributed by atoms with Gasteiger partial charge in [0, 0.05) is 20.4 Å². The van der Waals surface area contributed by atoms with E-state index in [2.05, 4.69) is 58.4 Å². The lowest BCUT2D eigenvalue weighted by molar-refractivity contribution is 0.0810. The normalized spacial score (nSPS) is 12.3. The molecule has 0 saturated heterocycles. The van der Waals surface area contributed by atoms with Gasteiger partial charge in [0.25, 0.3) is 0 Å². The molecule has 0 aromatic carbocycles. The van der Waals surface area contributed by atoms with Crippen LogP contribution in [-0.4, -0.2) is 29.4 Å². The topological polar surface area (TPSA) is 39.9 Å². The van der Waals surface area contributed by atoms with Gasteiger partial charge in [0.2, 0.25) is 0 Å². The first kappa shape index (κ1) is 14.9. The van der Waals surface area contributed by atoms with Crippen LogP contribution < -0.4 is 0 Å². The molecule has 0 bridgehead atoms. The summed E-state index contributed by atoms with van der Waals surface area (Å²) < 4.78 is 8.58. The van der Waals surface area contributed by atoms with Crippen LogP contribution in [-0.2, 0) is 11.5 Å². The number of hydrogen-bond donors (Lipinski definition) is 0. The minimum atomic E-state index is -1.02. The molecule has 6 heteroatoms. The van der Waals surface area contributed by atoms with Gasteiger partial charge in [-0.15, -0.1) is 0 Å². The van der Waals surface area contributed by atoms with Crippen LogP contribution in [0, 0.1) is 10.6 Å². The molecule has 19 heavy (non-hydrogen) atoms. The molecule has 0 aliphatic heterocycles. The van der Waals surface area contributed by atoms with E-state index in [0.717, 1.165) is 27.0 Å². The summed E-state index contributed by atoms with van der Waals surface area (Å²) in [4.78, 5) is 4.55. The molecule has 0 atom stereocenters. The zero-order valence-electron chi connectivity index (χ0n) is 11.9. The Bertz CT molecular complexity index is 577. The largest absolute Gasteiger partial charge is 0.359 e. The predicted octanol–water partition coefficient (Wildman–Crippen LogP) is 3.66. The minimum Gasteiger partial charge on any atom is -0.359 e. The number of halogens is 1. The number of aromatic nitrogens is 3. The fraction of sp³-hybridized carbons (Fsp3) is 0.538. The second kappa shape index (κ2) is 5.88. The standard InChI is InChI=1S/C13H20IN3OSi/c1-10-5-6-11-12(14)16-17(13(11)15-10)9-18-7-8-19(2,3)4/h5-6H,7-9H2,1-4H3.